The molecule has 0 spiro atoms. The maximum absolute atomic E-state index is 12.9. The molecular weight excluding hydrogens is 440 g/mol. The van der Waals surface area contributed by atoms with Crippen LogP contribution in [0.1, 0.15) is 10.4 Å². The van der Waals surface area contributed by atoms with Crippen LogP contribution in [0.25, 0.3) is 5.69 Å². The van der Waals surface area contributed by atoms with E-state index < -0.39 is 0 Å². The maximum Gasteiger partial charge on any atom is 0.256 e. The van der Waals surface area contributed by atoms with Crippen molar-refractivity contribution in [2.75, 3.05) is 23.5 Å². The predicted octanol–water partition coefficient (Wildman–Crippen LogP) is 3.65. The third kappa shape index (κ3) is 5.74. The fourth-order valence-electron chi connectivity index (χ4n) is 3.00. The van der Waals surface area contributed by atoms with Crippen molar-refractivity contribution in [1.82, 2.24) is 20.2 Å². The summed E-state index contributed by atoms with van der Waals surface area (Å²) in [6.07, 6.45) is 1.49. The lowest BCUT2D eigenvalue weighted by Crippen LogP contribution is -2.16. The molecule has 0 saturated carbocycles. The van der Waals surface area contributed by atoms with E-state index in [1.807, 2.05) is 12.1 Å². The van der Waals surface area contributed by atoms with E-state index in [1.54, 1.807) is 67.8 Å². The molecule has 0 fully saturated rings. The van der Waals surface area contributed by atoms with E-state index in [9.17, 15) is 9.59 Å². The highest BCUT2D eigenvalue weighted by atomic mass is 32.2. The molecule has 9 nitrogen and oxygen atoms in total. The zero-order chi connectivity index (χ0) is 23.0. The second-order valence-electron chi connectivity index (χ2n) is 6.82. The Hall–Kier alpha value is -4.18. The van der Waals surface area contributed by atoms with Gasteiger partial charge in [0.05, 0.1) is 24.1 Å². The number of nitrogens with one attached hydrogen (secondary N) is 2. The fourth-order valence-corrected chi connectivity index (χ4v) is 3.85. The van der Waals surface area contributed by atoms with Crippen LogP contribution in [0.4, 0.5) is 11.4 Å². The summed E-state index contributed by atoms with van der Waals surface area (Å²) in [7, 11) is 1.57. The summed E-state index contributed by atoms with van der Waals surface area (Å²) >= 11 is 1.29. The van der Waals surface area contributed by atoms with Crippen LogP contribution in [0.15, 0.2) is 84.0 Å². The topological polar surface area (TPSA) is 111 Å². The van der Waals surface area contributed by atoms with Crippen molar-refractivity contribution >= 4 is 35.0 Å². The summed E-state index contributed by atoms with van der Waals surface area (Å²) in [6, 6.07) is 21.5. The quantitative estimate of drug-likeness (QED) is 0.386. The lowest BCUT2D eigenvalue weighted by molar-refractivity contribution is -0.113. The number of amides is 2. The predicted molar refractivity (Wildman–Crippen MR) is 126 cm³/mol. The second kappa shape index (κ2) is 10.4. The number of hydrogen-bond acceptors (Lipinski definition) is 7. The van der Waals surface area contributed by atoms with Gasteiger partial charge >= 0.3 is 0 Å². The first-order chi connectivity index (χ1) is 16.1. The molecule has 10 heteroatoms. The normalized spacial score (nSPS) is 10.5. The Balaban J connectivity index is 1.38. The van der Waals surface area contributed by atoms with Crippen molar-refractivity contribution in [3.63, 3.8) is 0 Å². The fraction of sp³-hybridized carbons (Fsp3) is 0.0870. The molecule has 1 aromatic heterocycles. The number of rotatable bonds is 8. The number of carbonyl (C=O) groups excluding carboxylic acids is 2. The molecule has 1 heterocycles. The van der Waals surface area contributed by atoms with Crippen LogP contribution < -0.4 is 15.4 Å². The molecule has 4 rings (SSSR count). The minimum absolute atomic E-state index is 0.155. The smallest absolute Gasteiger partial charge is 0.256 e. The average molecular weight is 461 g/mol. The van der Waals surface area contributed by atoms with E-state index in [1.165, 1.54) is 22.8 Å². The number of benzene rings is 3. The Morgan fingerprint density at radius 1 is 0.970 bits per heavy atom. The number of methoxy groups -OCH3 is 1. The van der Waals surface area contributed by atoms with E-state index in [-0.39, 0.29) is 17.6 Å². The third-order valence-electron chi connectivity index (χ3n) is 4.58. The van der Waals surface area contributed by atoms with E-state index in [0.717, 1.165) is 5.69 Å². The Morgan fingerprint density at radius 2 is 1.79 bits per heavy atom. The number of hydrogen-bond donors (Lipinski definition) is 2. The van der Waals surface area contributed by atoms with Crippen molar-refractivity contribution in [3.8, 4) is 11.4 Å². The zero-order valence-electron chi connectivity index (χ0n) is 17.6. The number of carbonyl (C=O) groups is 2. The van der Waals surface area contributed by atoms with Crippen LogP contribution in [0, 0.1) is 0 Å². The molecule has 0 radical (unpaired) electrons. The van der Waals surface area contributed by atoms with Crippen molar-refractivity contribution in [2.45, 2.75) is 4.90 Å². The summed E-state index contributed by atoms with van der Waals surface area (Å²) in [5, 5.41) is 16.8. The molecule has 2 amide bonds. The molecule has 3 aromatic carbocycles. The van der Waals surface area contributed by atoms with Gasteiger partial charge in [0, 0.05) is 22.3 Å². The highest BCUT2D eigenvalue weighted by Crippen LogP contribution is 2.25. The van der Waals surface area contributed by atoms with Crippen LogP contribution in [-0.4, -0.2) is 44.9 Å². The summed E-state index contributed by atoms with van der Waals surface area (Å²) in [6.45, 7) is 0. The minimum atomic E-state index is -0.263. The molecule has 166 valence electrons. The van der Waals surface area contributed by atoms with E-state index in [0.29, 0.717) is 27.6 Å². The largest absolute Gasteiger partial charge is 0.497 e. The van der Waals surface area contributed by atoms with Gasteiger partial charge in [-0.3, -0.25) is 9.59 Å². The Bertz CT molecular complexity index is 1250. The van der Waals surface area contributed by atoms with Gasteiger partial charge in [-0.1, -0.05) is 18.2 Å². The van der Waals surface area contributed by atoms with Crippen LogP contribution in [0.2, 0.25) is 0 Å². The van der Waals surface area contributed by atoms with Crippen LogP contribution in [0.3, 0.4) is 0 Å². The minimum Gasteiger partial charge on any atom is -0.497 e. The highest BCUT2D eigenvalue weighted by molar-refractivity contribution is 8.00. The van der Waals surface area contributed by atoms with Crippen molar-refractivity contribution in [2.24, 2.45) is 0 Å². The Kier molecular flexibility index (Phi) is 6.96. The molecular formula is C23H20N6O3S. The monoisotopic (exact) mass is 460 g/mol. The number of ether oxygens (including phenoxy) is 1. The zero-order valence-corrected chi connectivity index (χ0v) is 18.5. The number of nitrogens with zero attached hydrogens (tertiary/aromatic N) is 4. The van der Waals surface area contributed by atoms with Crippen molar-refractivity contribution in [1.29, 1.82) is 0 Å². The summed E-state index contributed by atoms with van der Waals surface area (Å²) in [5.74, 6) is 0.374. The first kappa shape index (κ1) is 22.0. The van der Waals surface area contributed by atoms with Gasteiger partial charge in [-0.25, -0.2) is 4.68 Å². The Morgan fingerprint density at radius 3 is 2.55 bits per heavy atom. The molecule has 0 saturated heterocycles. The van der Waals surface area contributed by atoms with Gasteiger partial charge in [0.15, 0.2) is 0 Å². The van der Waals surface area contributed by atoms with Crippen molar-refractivity contribution in [3.05, 3.63) is 84.7 Å². The molecule has 0 unspecified atom stereocenters. The molecule has 0 aliphatic rings. The molecule has 33 heavy (non-hydrogen) atoms. The highest BCUT2D eigenvalue weighted by Gasteiger charge is 2.14. The number of anilines is 2. The summed E-state index contributed by atoms with van der Waals surface area (Å²) in [4.78, 5) is 26.0. The second-order valence-corrected chi connectivity index (χ2v) is 7.84. The van der Waals surface area contributed by atoms with E-state index >= 15 is 0 Å². The van der Waals surface area contributed by atoms with Crippen LogP contribution in [0.5, 0.6) is 5.75 Å². The van der Waals surface area contributed by atoms with Crippen LogP contribution in [-0.2, 0) is 4.79 Å². The van der Waals surface area contributed by atoms with E-state index in [4.69, 9.17) is 4.74 Å². The molecule has 4 aromatic rings. The van der Waals surface area contributed by atoms with Gasteiger partial charge in [0.25, 0.3) is 5.91 Å². The molecule has 0 bridgehead atoms. The third-order valence-corrected chi connectivity index (χ3v) is 5.66. The first-order valence-electron chi connectivity index (χ1n) is 9.93. The molecule has 0 aliphatic carbocycles. The molecule has 0 atom stereocenters. The van der Waals surface area contributed by atoms with Crippen molar-refractivity contribution < 1.29 is 14.3 Å². The lowest BCUT2D eigenvalue weighted by atomic mass is 10.2. The number of tetrazole rings is 1. The number of thioether (sulfide) groups is 1. The molecule has 2 N–H and O–H groups in total. The Labute approximate surface area is 194 Å². The summed E-state index contributed by atoms with van der Waals surface area (Å²) < 4.78 is 6.69. The van der Waals surface area contributed by atoms with Gasteiger partial charge in [-0.05, 0) is 59.0 Å². The lowest BCUT2D eigenvalue weighted by Gasteiger charge is -2.11. The van der Waals surface area contributed by atoms with Gasteiger partial charge in [-0.2, -0.15) is 0 Å². The number of aromatic nitrogens is 4. The van der Waals surface area contributed by atoms with Crippen LogP contribution >= 0.6 is 11.8 Å². The maximum atomic E-state index is 12.9. The van der Waals surface area contributed by atoms with Gasteiger partial charge < -0.3 is 15.4 Å². The molecule has 0 aliphatic heterocycles. The van der Waals surface area contributed by atoms with Gasteiger partial charge in [0.1, 0.15) is 12.1 Å². The van der Waals surface area contributed by atoms with Gasteiger partial charge in [0.2, 0.25) is 5.91 Å². The summed E-state index contributed by atoms with van der Waals surface area (Å²) in [5.41, 5.74) is 2.54. The average Bonchev–Trinajstić information content (AvgIpc) is 3.38. The first-order valence-corrected chi connectivity index (χ1v) is 10.9. The SMILES string of the molecule is COc1cccc(NC(=O)CSc2ccccc2C(=O)Nc2ccc(-n3cnnn3)cc2)c1. The van der Waals surface area contributed by atoms with Gasteiger partial charge in [-0.15, -0.1) is 16.9 Å². The van der Waals surface area contributed by atoms with E-state index in [2.05, 4.69) is 26.2 Å². The standard InChI is InChI=1S/C23H20N6O3S/c1-32-19-6-4-5-17(13-19)25-22(30)14-33-21-8-3-2-7-20(21)23(31)26-16-9-11-18(12-10-16)29-15-24-27-28-29/h2-13,15H,14H2,1H3,(H,25,30)(H,26,31).